The second-order valence-electron chi connectivity index (χ2n) is 8.01. The van der Waals surface area contributed by atoms with Gasteiger partial charge in [0.25, 0.3) is 11.5 Å². The summed E-state index contributed by atoms with van der Waals surface area (Å²) in [6.07, 6.45) is 2.31. The normalized spacial score (nSPS) is 11.1. The minimum atomic E-state index is -0.637. The molecular weight excluding hydrogens is 368 g/mol. The lowest BCUT2D eigenvalue weighted by molar-refractivity contribution is 0.0985. The van der Waals surface area contributed by atoms with E-state index in [1.54, 1.807) is 12.1 Å². The maximum atomic E-state index is 13.4. The van der Waals surface area contributed by atoms with E-state index in [0.717, 1.165) is 24.0 Å². The molecule has 0 fully saturated rings. The highest BCUT2D eigenvalue weighted by molar-refractivity contribution is 6.07. The molecule has 1 aromatic heterocycles. The van der Waals surface area contributed by atoms with Crippen molar-refractivity contribution >= 4 is 17.4 Å². The fourth-order valence-corrected chi connectivity index (χ4v) is 3.33. The van der Waals surface area contributed by atoms with Crippen LogP contribution >= 0.6 is 0 Å². The zero-order valence-corrected chi connectivity index (χ0v) is 18.0. The lowest BCUT2D eigenvalue weighted by atomic mass is 10.1. The standard InChI is InChI=1S/C22H32N4O3/c1-6-7-9-26-19(23)18(20(27)24-22(26)29)25(10-8-14(2)3)21(28)17-12-15(4)11-16(5)13-17/h11-14H,6-10,23H2,1-5H3,(H,24,27,29). The molecule has 1 amide bonds. The van der Waals surface area contributed by atoms with E-state index in [0.29, 0.717) is 31.0 Å². The number of nitrogens with zero attached hydrogens (tertiary/aromatic N) is 2. The summed E-state index contributed by atoms with van der Waals surface area (Å²) in [5, 5.41) is 0. The van der Waals surface area contributed by atoms with Crippen LogP contribution in [0.1, 0.15) is 61.5 Å². The molecule has 3 N–H and O–H groups in total. The lowest BCUT2D eigenvalue weighted by Crippen LogP contribution is -2.42. The predicted octanol–water partition coefficient (Wildman–Crippen LogP) is 3.23. The molecule has 29 heavy (non-hydrogen) atoms. The molecule has 0 aliphatic carbocycles. The zero-order valence-electron chi connectivity index (χ0n) is 18.0. The van der Waals surface area contributed by atoms with Crippen LogP contribution in [-0.2, 0) is 6.54 Å². The van der Waals surface area contributed by atoms with Crippen molar-refractivity contribution in [1.29, 1.82) is 0 Å². The van der Waals surface area contributed by atoms with Gasteiger partial charge >= 0.3 is 5.69 Å². The number of hydrogen-bond donors (Lipinski definition) is 2. The quantitative estimate of drug-likeness (QED) is 0.710. The smallest absolute Gasteiger partial charge is 0.330 e. The van der Waals surface area contributed by atoms with Gasteiger partial charge in [-0.3, -0.25) is 19.1 Å². The minimum absolute atomic E-state index is 0.0358. The van der Waals surface area contributed by atoms with E-state index >= 15 is 0 Å². The molecule has 1 heterocycles. The number of aryl methyl sites for hydroxylation is 2. The Morgan fingerprint density at radius 3 is 2.34 bits per heavy atom. The number of anilines is 2. The fraction of sp³-hybridized carbons (Fsp3) is 0.500. The Morgan fingerprint density at radius 2 is 1.79 bits per heavy atom. The number of rotatable bonds is 8. The molecule has 7 heteroatoms. The van der Waals surface area contributed by atoms with Gasteiger partial charge < -0.3 is 10.6 Å². The largest absolute Gasteiger partial charge is 0.383 e. The molecule has 0 bridgehead atoms. The van der Waals surface area contributed by atoms with E-state index in [2.05, 4.69) is 18.8 Å². The Labute approximate surface area is 171 Å². The Balaban J connectivity index is 2.62. The van der Waals surface area contributed by atoms with Crippen molar-refractivity contribution in [2.75, 3.05) is 17.2 Å². The molecule has 7 nitrogen and oxygen atoms in total. The van der Waals surface area contributed by atoms with Gasteiger partial charge in [0.2, 0.25) is 0 Å². The Kier molecular flexibility index (Phi) is 7.42. The molecule has 0 aliphatic heterocycles. The van der Waals surface area contributed by atoms with Crippen molar-refractivity contribution in [3.63, 3.8) is 0 Å². The first kappa shape index (κ1) is 22.5. The number of benzene rings is 1. The Morgan fingerprint density at radius 1 is 1.17 bits per heavy atom. The van der Waals surface area contributed by atoms with Gasteiger partial charge in [0.1, 0.15) is 5.82 Å². The van der Waals surface area contributed by atoms with Crippen LogP contribution in [0.2, 0.25) is 0 Å². The molecule has 158 valence electrons. The summed E-state index contributed by atoms with van der Waals surface area (Å²) in [6.45, 7) is 10.7. The molecule has 0 atom stereocenters. The average molecular weight is 401 g/mol. The van der Waals surface area contributed by atoms with E-state index in [1.165, 1.54) is 9.47 Å². The highest BCUT2D eigenvalue weighted by Gasteiger charge is 2.25. The number of carbonyl (C=O) groups excluding carboxylic acids is 1. The topological polar surface area (TPSA) is 101 Å². The second kappa shape index (κ2) is 9.58. The minimum Gasteiger partial charge on any atom is -0.383 e. The molecule has 0 radical (unpaired) electrons. The summed E-state index contributed by atoms with van der Waals surface area (Å²) >= 11 is 0. The lowest BCUT2D eigenvalue weighted by Gasteiger charge is -2.25. The van der Waals surface area contributed by atoms with Crippen LogP contribution < -0.4 is 21.9 Å². The molecule has 2 aromatic rings. The van der Waals surface area contributed by atoms with Crippen molar-refractivity contribution in [2.24, 2.45) is 5.92 Å². The third-order valence-corrected chi connectivity index (χ3v) is 4.86. The molecule has 0 aliphatic rings. The zero-order chi connectivity index (χ0) is 21.7. The molecular formula is C22H32N4O3. The van der Waals surface area contributed by atoms with Crippen LogP contribution in [0.4, 0.5) is 11.5 Å². The first-order chi connectivity index (χ1) is 13.6. The van der Waals surface area contributed by atoms with Crippen LogP contribution in [0.25, 0.3) is 0 Å². The van der Waals surface area contributed by atoms with Crippen LogP contribution in [-0.4, -0.2) is 22.0 Å². The van der Waals surface area contributed by atoms with Gasteiger partial charge in [-0.05, 0) is 44.7 Å². The summed E-state index contributed by atoms with van der Waals surface area (Å²) in [6, 6.07) is 5.59. The maximum Gasteiger partial charge on any atom is 0.330 e. The van der Waals surface area contributed by atoms with Gasteiger partial charge in [0.05, 0.1) is 0 Å². The van der Waals surface area contributed by atoms with Gasteiger partial charge in [-0.2, -0.15) is 0 Å². The van der Waals surface area contributed by atoms with Crippen LogP contribution in [0, 0.1) is 19.8 Å². The number of amides is 1. The second-order valence-corrected chi connectivity index (χ2v) is 8.01. The SMILES string of the molecule is CCCCn1c(N)c(N(CCC(C)C)C(=O)c2cc(C)cc(C)c2)c(=O)[nH]c1=O. The molecule has 1 aromatic carbocycles. The third-order valence-electron chi connectivity index (χ3n) is 4.86. The maximum absolute atomic E-state index is 13.4. The van der Waals surface area contributed by atoms with Crippen LogP contribution in [0.15, 0.2) is 27.8 Å². The summed E-state index contributed by atoms with van der Waals surface area (Å²) in [4.78, 5) is 42.1. The highest BCUT2D eigenvalue weighted by atomic mass is 16.2. The van der Waals surface area contributed by atoms with Crippen LogP contribution in [0.5, 0.6) is 0 Å². The van der Waals surface area contributed by atoms with Crippen molar-refractivity contribution in [3.8, 4) is 0 Å². The molecule has 0 saturated carbocycles. The van der Waals surface area contributed by atoms with E-state index in [4.69, 9.17) is 5.73 Å². The number of unbranched alkanes of at least 4 members (excludes halogenated alkanes) is 1. The number of H-pyrrole nitrogens is 1. The first-order valence-electron chi connectivity index (χ1n) is 10.2. The number of hydrogen-bond acceptors (Lipinski definition) is 4. The number of nitrogens with one attached hydrogen (secondary N) is 1. The summed E-state index contributed by atoms with van der Waals surface area (Å²) in [7, 11) is 0. The summed E-state index contributed by atoms with van der Waals surface area (Å²) in [5.41, 5.74) is 7.54. The number of nitrogens with two attached hydrogens (primary N) is 1. The molecule has 0 unspecified atom stereocenters. The van der Waals surface area contributed by atoms with E-state index in [9.17, 15) is 14.4 Å². The number of carbonyl (C=O) groups is 1. The van der Waals surface area contributed by atoms with Gasteiger partial charge in [0, 0.05) is 18.7 Å². The molecule has 2 rings (SSSR count). The van der Waals surface area contributed by atoms with Crippen molar-refractivity contribution < 1.29 is 4.79 Å². The Bertz CT molecular complexity index is 968. The fourth-order valence-electron chi connectivity index (χ4n) is 3.33. The monoisotopic (exact) mass is 400 g/mol. The van der Waals surface area contributed by atoms with Crippen molar-refractivity contribution in [2.45, 2.75) is 60.4 Å². The van der Waals surface area contributed by atoms with Gasteiger partial charge in [-0.1, -0.05) is 44.4 Å². The summed E-state index contributed by atoms with van der Waals surface area (Å²) < 4.78 is 1.34. The highest BCUT2D eigenvalue weighted by Crippen LogP contribution is 2.22. The predicted molar refractivity (Wildman–Crippen MR) is 118 cm³/mol. The van der Waals surface area contributed by atoms with Gasteiger partial charge in [-0.25, -0.2) is 4.79 Å². The van der Waals surface area contributed by atoms with E-state index in [-0.39, 0.29) is 17.4 Å². The van der Waals surface area contributed by atoms with E-state index < -0.39 is 11.2 Å². The first-order valence-corrected chi connectivity index (χ1v) is 10.2. The average Bonchev–Trinajstić information content (AvgIpc) is 2.62. The van der Waals surface area contributed by atoms with Crippen molar-refractivity contribution in [1.82, 2.24) is 9.55 Å². The van der Waals surface area contributed by atoms with E-state index in [1.807, 2.05) is 26.8 Å². The summed E-state index contributed by atoms with van der Waals surface area (Å²) in [5.74, 6) is 0.0693. The van der Waals surface area contributed by atoms with Crippen molar-refractivity contribution in [3.05, 3.63) is 55.7 Å². The van der Waals surface area contributed by atoms with Gasteiger partial charge in [0.15, 0.2) is 5.69 Å². The number of nitrogen functional groups attached to an aromatic ring is 1. The third kappa shape index (κ3) is 5.37. The molecule has 0 spiro atoms. The molecule has 0 saturated heterocycles. The number of aromatic amines is 1. The van der Waals surface area contributed by atoms with Crippen LogP contribution in [0.3, 0.4) is 0 Å². The Hall–Kier alpha value is -2.83. The number of aromatic nitrogens is 2. The van der Waals surface area contributed by atoms with Gasteiger partial charge in [-0.15, -0.1) is 0 Å².